The SMILES string of the molecule is O=C(Cc1ccc2c(c1)CCCO2)N1Cc2cccn2C[C@@H](OCc2ccccn2)C1. The molecule has 5 rings (SSSR count). The number of pyridine rings is 1. The van der Waals surface area contributed by atoms with Gasteiger partial charge in [0.2, 0.25) is 5.91 Å². The number of amides is 1. The maximum absolute atomic E-state index is 13.3. The molecule has 0 unspecified atom stereocenters. The van der Waals surface area contributed by atoms with Crippen molar-refractivity contribution >= 4 is 5.91 Å². The van der Waals surface area contributed by atoms with Gasteiger partial charge in [-0.05, 0) is 54.3 Å². The van der Waals surface area contributed by atoms with E-state index in [1.165, 1.54) is 5.56 Å². The molecule has 0 radical (unpaired) electrons. The highest BCUT2D eigenvalue weighted by atomic mass is 16.5. The lowest BCUT2D eigenvalue weighted by atomic mass is 10.0. The second-order valence-corrected chi connectivity index (χ2v) is 8.25. The van der Waals surface area contributed by atoms with Gasteiger partial charge in [-0.25, -0.2) is 0 Å². The third kappa shape index (κ3) is 4.64. The van der Waals surface area contributed by atoms with Gasteiger partial charge in [0.25, 0.3) is 0 Å². The first-order valence-corrected chi connectivity index (χ1v) is 10.9. The van der Waals surface area contributed by atoms with E-state index in [1.807, 2.05) is 41.3 Å². The van der Waals surface area contributed by atoms with Crippen LogP contribution in [0.4, 0.5) is 0 Å². The zero-order valence-corrected chi connectivity index (χ0v) is 17.6. The molecule has 3 aromatic rings. The fourth-order valence-corrected chi connectivity index (χ4v) is 4.35. The average Bonchev–Trinajstić information content (AvgIpc) is 3.16. The molecule has 0 bridgehead atoms. The molecule has 1 amide bonds. The minimum atomic E-state index is -0.0865. The molecule has 2 aliphatic heterocycles. The number of aromatic nitrogens is 2. The van der Waals surface area contributed by atoms with Gasteiger partial charge in [-0.3, -0.25) is 9.78 Å². The Hall–Kier alpha value is -3.12. The van der Waals surface area contributed by atoms with E-state index in [9.17, 15) is 4.79 Å². The number of aryl methyl sites for hydroxylation is 1. The van der Waals surface area contributed by atoms with Gasteiger partial charge in [0, 0.05) is 24.6 Å². The number of rotatable bonds is 5. The zero-order chi connectivity index (χ0) is 21.0. The lowest BCUT2D eigenvalue weighted by molar-refractivity contribution is -0.133. The Labute approximate surface area is 182 Å². The highest BCUT2D eigenvalue weighted by Crippen LogP contribution is 2.26. The number of nitrogens with zero attached hydrogens (tertiary/aromatic N) is 3. The summed E-state index contributed by atoms with van der Waals surface area (Å²) in [7, 11) is 0. The summed E-state index contributed by atoms with van der Waals surface area (Å²) in [5.41, 5.74) is 4.28. The van der Waals surface area contributed by atoms with Gasteiger partial charge in [0.15, 0.2) is 0 Å². The van der Waals surface area contributed by atoms with E-state index in [4.69, 9.17) is 9.47 Å². The summed E-state index contributed by atoms with van der Waals surface area (Å²) in [6.07, 6.45) is 6.18. The number of hydrogen-bond donors (Lipinski definition) is 0. The zero-order valence-electron chi connectivity index (χ0n) is 17.6. The smallest absolute Gasteiger partial charge is 0.227 e. The van der Waals surface area contributed by atoms with Crippen molar-refractivity contribution in [1.82, 2.24) is 14.5 Å². The molecule has 0 fully saturated rings. The largest absolute Gasteiger partial charge is 0.493 e. The van der Waals surface area contributed by atoms with Crippen LogP contribution in [-0.2, 0) is 42.1 Å². The Morgan fingerprint density at radius 2 is 2.13 bits per heavy atom. The summed E-state index contributed by atoms with van der Waals surface area (Å²) >= 11 is 0. The van der Waals surface area contributed by atoms with Crippen molar-refractivity contribution in [3.05, 3.63) is 83.4 Å². The van der Waals surface area contributed by atoms with Crippen molar-refractivity contribution < 1.29 is 14.3 Å². The number of carbonyl (C=O) groups is 1. The van der Waals surface area contributed by atoms with Crippen molar-refractivity contribution in [2.45, 2.75) is 45.1 Å². The van der Waals surface area contributed by atoms with E-state index in [0.717, 1.165) is 48.7 Å². The lowest BCUT2D eigenvalue weighted by Gasteiger charge is -2.25. The van der Waals surface area contributed by atoms with Gasteiger partial charge < -0.3 is 18.9 Å². The van der Waals surface area contributed by atoms with Crippen molar-refractivity contribution in [3.63, 3.8) is 0 Å². The van der Waals surface area contributed by atoms with Crippen LogP contribution in [-0.4, -0.2) is 39.6 Å². The highest BCUT2D eigenvalue weighted by molar-refractivity contribution is 5.79. The molecule has 0 aliphatic carbocycles. The van der Waals surface area contributed by atoms with Crippen LogP contribution in [0.1, 0.15) is 28.9 Å². The van der Waals surface area contributed by atoms with Crippen LogP contribution in [0, 0.1) is 0 Å². The third-order valence-corrected chi connectivity index (χ3v) is 5.97. The topological polar surface area (TPSA) is 56.6 Å². The molecule has 4 heterocycles. The van der Waals surface area contributed by atoms with Crippen LogP contribution in [0.5, 0.6) is 5.75 Å². The quantitative estimate of drug-likeness (QED) is 0.639. The standard InChI is InChI=1S/C25H27N3O3/c29-25(14-19-8-9-24-20(13-19)5-4-12-30-24)28-15-22-7-3-11-27(22)16-23(17-28)31-18-21-6-1-2-10-26-21/h1-3,6-11,13,23H,4-5,12,14-18H2/t23-/m1/s1. The van der Waals surface area contributed by atoms with Crippen molar-refractivity contribution in [2.75, 3.05) is 13.2 Å². The lowest BCUT2D eigenvalue weighted by Crippen LogP contribution is -2.38. The molecule has 2 aliphatic rings. The molecule has 0 spiro atoms. The summed E-state index contributed by atoms with van der Waals surface area (Å²) in [5.74, 6) is 1.08. The van der Waals surface area contributed by atoms with E-state index in [2.05, 4.69) is 27.9 Å². The molecular weight excluding hydrogens is 390 g/mol. The summed E-state index contributed by atoms with van der Waals surface area (Å²) in [6, 6.07) is 16.1. The van der Waals surface area contributed by atoms with Crippen LogP contribution in [0.2, 0.25) is 0 Å². The molecule has 0 N–H and O–H groups in total. The van der Waals surface area contributed by atoms with E-state index in [-0.39, 0.29) is 12.0 Å². The second kappa shape index (κ2) is 8.94. The molecule has 6 nitrogen and oxygen atoms in total. The first-order chi connectivity index (χ1) is 15.2. The highest BCUT2D eigenvalue weighted by Gasteiger charge is 2.26. The Morgan fingerprint density at radius 1 is 1.16 bits per heavy atom. The van der Waals surface area contributed by atoms with Gasteiger partial charge in [-0.15, -0.1) is 0 Å². The summed E-state index contributed by atoms with van der Waals surface area (Å²) in [5, 5.41) is 0. The Kier molecular flexibility index (Phi) is 5.71. The van der Waals surface area contributed by atoms with Crippen molar-refractivity contribution in [1.29, 1.82) is 0 Å². The van der Waals surface area contributed by atoms with E-state index < -0.39 is 0 Å². The van der Waals surface area contributed by atoms with Crippen molar-refractivity contribution in [3.8, 4) is 5.75 Å². The number of carbonyl (C=O) groups excluding carboxylic acids is 1. The maximum atomic E-state index is 13.3. The molecule has 6 heteroatoms. The molecule has 0 saturated carbocycles. The average molecular weight is 418 g/mol. The van der Waals surface area contributed by atoms with Gasteiger partial charge in [0.1, 0.15) is 5.75 Å². The molecule has 160 valence electrons. The van der Waals surface area contributed by atoms with E-state index in [0.29, 0.717) is 26.1 Å². The predicted molar refractivity (Wildman–Crippen MR) is 117 cm³/mol. The first kappa shape index (κ1) is 19.8. The van der Waals surface area contributed by atoms with Gasteiger partial charge in [-0.1, -0.05) is 18.2 Å². The minimum absolute atomic E-state index is 0.0865. The normalized spacial score (nSPS) is 17.9. The summed E-state index contributed by atoms with van der Waals surface area (Å²) in [4.78, 5) is 19.5. The van der Waals surface area contributed by atoms with E-state index in [1.54, 1.807) is 6.20 Å². The van der Waals surface area contributed by atoms with Crippen LogP contribution in [0.15, 0.2) is 60.9 Å². The Balaban J connectivity index is 1.29. The fraction of sp³-hybridized carbons (Fsp3) is 0.360. The predicted octanol–water partition coefficient (Wildman–Crippen LogP) is 3.38. The molecule has 31 heavy (non-hydrogen) atoms. The number of ether oxygens (including phenoxy) is 2. The van der Waals surface area contributed by atoms with E-state index >= 15 is 0 Å². The fourth-order valence-electron chi connectivity index (χ4n) is 4.35. The number of hydrogen-bond acceptors (Lipinski definition) is 4. The first-order valence-electron chi connectivity index (χ1n) is 10.9. The summed E-state index contributed by atoms with van der Waals surface area (Å²) < 4.78 is 14.1. The number of fused-ring (bicyclic) bond motifs is 2. The summed E-state index contributed by atoms with van der Waals surface area (Å²) in [6.45, 7) is 3.12. The minimum Gasteiger partial charge on any atom is -0.493 e. The van der Waals surface area contributed by atoms with Crippen LogP contribution in [0.3, 0.4) is 0 Å². The maximum Gasteiger partial charge on any atom is 0.227 e. The van der Waals surface area contributed by atoms with Crippen LogP contribution in [0.25, 0.3) is 0 Å². The van der Waals surface area contributed by atoms with Gasteiger partial charge in [0.05, 0.1) is 44.5 Å². The molecule has 0 saturated heterocycles. The molecular formula is C25H27N3O3. The third-order valence-electron chi connectivity index (χ3n) is 5.97. The number of benzene rings is 1. The van der Waals surface area contributed by atoms with Crippen LogP contribution < -0.4 is 4.74 Å². The Morgan fingerprint density at radius 3 is 3.03 bits per heavy atom. The molecule has 2 aromatic heterocycles. The second-order valence-electron chi connectivity index (χ2n) is 8.25. The van der Waals surface area contributed by atoms with Crippen LogP contribution >= 0.6 is 0 Å². The molecule has 1 aromatic carbocycles. The van der Waals surface area contributed by atoms with Crippen molar-refractivity contribution in [2.24, 2.45) is 0 Å². The Bertz CT molecular complexity index is 1050. The van der Waals surface area contributed by atoms with Gasteiger partial charge >= 0.3 is 0 Å². The van der Waals surface area contributed by atoms with Gasteiger partial charge in [-0.2, -0.15) is 0 Å². The monoisotopic (exact) mass is 417 g/mol. The molecule has 1 atom stereocenters.